The molecule has 0 bridgehead atoms. The zero-order valence-electron chi connectivity index (χ0n) is 16.9. The van der Waals surface area contributed by atoms with Gasteiger partial charge in [-0.05, 0) is 49.6 Å². The second-order valence-corrected chi connectivity index (χ2v) is 6.70. The van der Waals surface area contributed by atoms with Crippen molar-refractivity contribution < 1.29 is 13.9 Å². The fraction of sp³-hybridized carbons (Fsp3) is 0.381. The molecule has 2 N–H and O–H groups in total. The van der Waals surface area contributed by atoms with Gasteiger partial charge in [-0.15, -0.1) is 24.0 Å². The van der Waals surface area contributed by atoms with E-state index in [0.717, 1.165) is 31.5 Å². The predicted molar refractivity (Wildman–Crippen MR) is 125 cm³/mol. The maximum atomic E-state index is 12.9. The van der Waals surface area contributed by atoms with Gasteiger partial charge < -0.3 is 20.3 Å². The summed E-state index contributed by atoms with van der Waals surface area (Å²) in [7, 11) is 0. The van der Waals surface area contributed by atoms with Crippen LogP contribution in [0.4, 0.5) is 4.39 Å². The number of hydrogen-bond donors (Lipinski definition) is 2. The third kappa shape index (κ3) is 7.43. The molecule has 9 heteroatoms. The molecule has 1 aliphatic heterocycles. The molecule has 2 aromatic rings. The number of nitrogens with zero attached hydrogens (tertiary/aromatic N) is 3. The van der Waals surface area contributed by atoms with Gasteiger partial charge in [0, 0.05) is 31.9 Å². The third-order valence-corrected chi connectivity index (χ3v) is 4.46. The van der Waals surface area contributed by atoms with Crippen LogP contribution in [0.2, 0.25) is 0 Å². The monoisotopic (exact) mass is 527 g/mol. The molecule has 1 fully saturated rings. The lowest BCUT2D eigenvalue weighted by molar-refractivity contribution is -0.128. The van der Waals surface area contributed by atoms with E-state index in [-0.39, 0.29) is 42.2 Å². The molecule has 0 saturated carbocycles. The molecule has 0 aliphatic carbocycles. The third-order valence-electron chi connectivity index (χ3n) is 4.46. The number of ether oxygens (including phenoxy) is 1. The SMILES string of the molecule is CCNC(=NCc1ccc(Oc2ccc(F)cc2)nc1)NCC(=O)N1CCCC1.I. The Morgan fingerprint density at radius 2 is 1.90 bits per heavy atom. The van der Waals surface area contributed by atoms with Crippen molar-refractivity contribution in [2.24, 2.45) is 4.99 Å². The van der Waals surface area contributed by atoms with Crippen molar-refractivity contribution in [3.63, 3.8) is 0 Å². The molecule has 30 heavy (non-hydrogen) atoms. The lowest BCUT2D eigenvalue weighted by atomic mass is 10.3. The Morgan fingerprint density at radius 3 is 2.53 bits per heavy atom. The van der Waals surface area contributed by atoms with Crippen LogP contribution in [0.25, 0.3) is 0 Å². The Bertz CT molecular complexity index is 824. The highest BCUT2D eigenvalue weighted by Gasteiger charge is 2.17. The highest BCUT2D eigenvalue weighted by atomic mass is 127. The fourth-order valence-corrected chi connectivity index (χ4v) is 2.94. The van der Waals surface area contributed by atoms with Gasteiger partial charge in [-0.3, -0.25) is 4.79 Å². The normalized spacial score (nSPS) is 13.5. The Hall–Kier alpha value is -2.43. The molecular weight excluding hydrogens is 500 g/mol. The summed E-state index contributed by atoms with van der Waals surface area (Å²) in [4.78, 5) is 22.8. The largest absolute Gasteiger partial charge is 0.439 e. The van der Waals surface area contributed by atoms with E-state index in [0.29, 0.717) is 30.7 Å². The minimum atomic E-state index is -0.314. The van der Waals surface area contributed by atoms with Gasteiger partial charge in [0.2, 0.25) is 11.8 Å². The molecule has 2 heterocycles. The number of likely N-dealkylation sites (tertiary alicyclic amines) is 1. The summed E-state index contributed by atoms with van der Waals surface area (Å²) in [5.74, 6) is 1.31. The van der Waals surface area contributed by atoms with Crippen LogP contribution in [-0.4, -0.2) is 47.9 Å². The number of rotatable bonds is 7. The molecule has 0 radical (unpaired) electrons. The van der Waals surface area contributed by atoms with Gasteiger partial charge in [0.25, 0.3) is 0 Å². The van der Waals surface area contributed by atoms with Crippen LogP contribution in [0.5, 0.6) is 11.6 Å². The topological polar surface area (TPSA) is 78.9 Å². The number of carbonyl (C=O) groups is 1. The Morgan fingerprint density at radius 1 is 1.17 bits per heavy atom. The number of nitrogens with one attached hydrogen (secondary N) is 2. The van der Waals surface area contributed by atoms with Crippen LogP contribution in [0.15, 0.2) is 47.6 Å². The average molecular weight is 527 g/mol. The molecule has 1 aromatic carbocycles. The number of carbonyl (C=O) groups excluding carboxylic acids is 1. The number of pyridine rings is 1. The molecule has 0 atom stereocenters. The first-order chi connectivity index (χ1) is 14.1. The summed E-state index contributed by atoms with van der Waals surface area (Å²) in [6.07, 6.45) is 3.84. The first-order valence-electron chi connectivity index (χ1n) is 9.82. The summed E-state index contributed by atoms with van der Waals surface area (Å²) < 4.78 is 18.5. The number of halogens is 2. The first kappa shape index (κ1) is 23.8. The quantitative estimate of drug-likeness (QED) is 0.328. The van der Waals surface area contributed by atoms with Gasteiger partial charge >= 0.3 is 0 Å². The molecule has 162 valence electrons. The van der Waals surface area contributed by atoms with Crippen molar-refractivity contribution in [1.82, 2.24) is 20.5 Å². The van der Waals surface area contributed by atoms with Gasteiger partial charge in [0.05, 0.1) is 13.1 Å². The summed E-state index contributed by atoms with van der Waals surface area (Å²) in [5.41, 5.74) is 0.902. The number of benzene rings is 1. The van der Waals surface area contributed by atoms with Crippen molar-refractivity contribution in [1.29, 1.82) is 0 Å². The van der Waals surface area contributed by atoms with Gasteiger partial charge in [0.15, 0.2) is 5.96 Å². The summed E-state index contributed by atoms with van der Waals surface area (Å²) in [6.45, 7) is 5.00. The molecule has 1 aromatic heterocycles. The molecule has 1 saturated heterocycles. The smallest absolute Gasteiger partial charge is 0.241 e. The van der Waals surface area contributed by atoms with E-state index in [2.05, 4.69) is 20.6 Å². The second-order valence-electron chi connectivity index (χ2n) is 6.70. The standard InChI is InChI=1S/C21H26FN5O2.HI/c1-2-23-21(26-15-20(28)27-11-3-4-12-27)25-14-16-5-10-19(24-13-16)29-18-8-6-17(22)7-9-18;/h5-10,13H,2-4,11-12,14-15H2,1H3,(H2,23,25,26);1H. The Balaban J connectivity index is 0.00000320. The summed E-state index contributed by atoms with van der Waals surface area (Å²) in [6, 6.07) is 9.38. The van der Waals surface area contributed by atoms with Crippen molar-refractivity contribution in [2.45, 2.75) is 26.3 Å². The van der Waals surface area contributed by atoms with E-state index >= 15 is 0 Å². The Labute approximate surface area is 193 Å². The highest BCUT2D eigenvalue weighted by molar-refractivity contribution is 14.0. The van der Waals surface area contributed by atoms with Crippen LogP contribution in [0.3, 0.4) is 0 Å². The van der Waals surface area contributed by atoms with Gasteiger partial charge in [-0.25, -0.2) is 14.4 Å². The minimum Gasteiger partial charge on any atom is -0.439 e. The summed E-state index contributed by atoms with van der Waals surface area (Å²) >= 11 is 0. The van der Waals surface area contributed by atoms with Gasteiger partial charge in [0.1, 0.15) is 11.6 Å². The molecule has 1 aliphatic rings. The zero-order chi connectivity index (χ0) is 20.5. The predicted octanol–water partition coefficient (Wildman–Crippen LogP) is 3.31. The van der Waals surface area contributed by atoms with Crippen LogP contribution in [0.1, 0.15) is 25.3 Å². The molecular formula is C21H27FIN5O2. The van der Waals surface area contributed by atoms with Crippen molar-refractivity contribution in [3.8, 4) is 11.6 Å². The van der Waals surface area contributed by atoms with Crippen LogP contribution < -0.4 is 15.4 Å². The summed E-state index contributed by atoms with van der Waals surface area (Å²) in [5, 5.41) is 6.23. The maximum absolute atomic E-state index is 12.9. The number of aliphatic imine (C=N–C) groups is 1. The minimum absolute atomic E-state index is 0. The van der Waals surface area contributed by atoms with Crippen LogP contribution >= 0.6 is 24.0 Å². The van der Waals surface area contributed by atoms with Crippen LogP contribution in [-0.2, 0) is 11.3 Å². The van der Waals surface area contributed by atoms with Crippen molar-refractivity contribution in [2.75, 3.05) is 26.2 Å². The maximum Gasteiger partial charge on any atom is 0.241 e. The molecule has 0 spiro atoms. The van der Waals surface area contributed by atoms with E-state index in [1.165, 1.54) is 12.1 Å². The van der Waals surface area contributed by atoms with Crippen molar-refractivity contribution >= 4 is 35.8 Å². The number of aromatic nitrogens is 1. The highest BCUT2D eigenvalue weighted by Crippen LogP contribution is 2.19. The van der Waals surface area contributed by atoms with E-state index in [4.69, 9.17) is 4.74 Å². The van der Waals surface area contributed by atoms with Crippen LogP contribution in [0, 0.1) is 5.82 Å². The number of amides is 1. The second kappa shape index (κ2) is 12.3. The molecule has 1 amide bonds. The molecule has 7 nitrogen and oxygen atoms in total. The fourth-order valence-electron chi connectivity index (χ4n) is 2.94. The average Bonchev–Trinajstić information content (AvgIpc) is 3.28. The zero-order valence-corrected chi connectivity index (χ0v) is 19.3. The van der Waals surface area contributed by atoms with Crippen molar-refractivity contribution in [3.05, 3.63) is 54.0 Å². The number of hydrogen-bond acceptors (Lipinski definition) is 4. The number of guanidine groups is 1. The lowest BCUT2D eigenvalue weighted by Crippen LogP contribution is -2.44. The van der Waals surface area contributed by atoms with E-state index < -0.39 is 0 Å². The van der Waals surface area contributed by atoms with E-state index in [9.17, 15) is 9.18 Å². The van der Waals surface area contributed by atoms with Gasteiger partial charge in [-0.1, -0.05) is 6.07 Å². The molecule has 0 unspecified atom stereocenters. The van der Waals surface area contributed by atoms with E-state index in [1.54, 1.807) is 24.4 Å². The molecule has 3 rings (SSSR count). The Kier molecular flexibility index (Phi) is 9.78. The lowest BCUT2D eigenvalue weighted by Gasteiger charge is -2.17. The van der Waals surface area contributed by atoms with E-state index in [1.807, 2.05) is 17.9 Å². The first-order valence-corrected chi connectivity index (χ1v) is 9.82. The van der Waals surface area contributed by atoms with Gasteiger partial charge in [-0.2, -0.15) is 0 Å².